The first-order valence-corrected chi connectivity index (χ1v) is 5.42. The minimum atomic E-state index is 0.627. The van der Waals surface area contributed by atoms with Crippen LogP contribution in [0.1, 0.15) is 0 Å². The number of hydrogen-bond acceptors (Lipinski definition) is 2. The van der Waals surface area contributed by atoms with Gasteiger partial charge in [-0.15, -0.1) is 0 Å². The fraction of sp³-hybridized carbons (Fsp3) is 0.0833. The zero-order chi connectivity index (χ0) is 11.5. The Hall–Kier alpha value is -1.25. The molecule has 0 radical (unpaired) electrons. The second kappa shape index (κ2) is 4.73. The van der Waals surface area contributed by atoms with Crippen LogP contribution in [0.15, 0.2) is 36.5 Å². The van der Waals surface area contributed by atoms with Gasteiger partial charge in [-0.05, 0) is 30.3 Å². The van der Waals surface area contributed by atoms with Gasteiger partial charge in [-0.3, -0.25) is 4.98 Å². The maximum atomic E-state index is 6.07. The molecule has 0 atom stereocenters. The largest absolute Gasteiger partial charge is 0.495 e. The van der Waals surface area contributed by atoms with Crippen molar-refractivity contribution in [2.75, 3.05) is 7.11 Å². The summed E-state index contributed by atoms with van der Waals surface area (Å²) in [6.45, 7) is 0. The maximum Gasteiger partial charge on any atom is 0.137 e. The van der Waals surface area contributed by atoms with Crippen molar-refractivity contribution in [2.45, 2.75) is 0 Å². The van der Waals surface area contributed by atoms with Gasteiger partial charge in [-0.25, -0.2) is 0 Å². The smallest absolute Gasteiger partial charge is 0.137 e. The number of aromatic nitrogens is 1. The average molecular weight is 254 g/mol. The summed E-state index contributed by atoms with van der Waals surface area (Å²) in [4.78, 5) is 4.25. The van der Waals surface area contributed by atoms with Gasteiger partial charge in [-0.2, -0.15) is 0 Å². The predicted molar refractivity (Wildman–Crippen MR) is 66.2 cm³/mol. The van der Waals surface area contributed by atoms with Crippen LogP contribution in [0.2, 0.25) is 10.0 Å². The molecule has 1 heterocycles. The van der Waals surface area contributed by atoms with Crippen molar-refractivity contribution in [3.05, 3.63) is 46.6 Å². The van der Waals surface area contributed by atoms with Crippen molar-refractivity contribution in [3.8, 4) is 17.0 Å². The van der Waals surface area contributed by atoms with Crippen molar-refractivity contribution in [2.24, 2.45) is 0 Å². The molecule has 0 aliphatic rings. The highest BCUT2D eigenvalue weighted by atomic mass is 35.5. The number of benzene rings is 1. The Morgan fingerprint density at radius 1 is 1.12 bits per heavy atom. The van der Waals surface area contributed by atoms with E-state index < -0.39 is 0 Å². The van der Waals surface area contributed by atoms with E-state index >= 15 is 0 Å². The molecule has 2 nitrogen and oxygen atoms in total. The van der Waals surface area contributed by atoms with E-state index in [2.05, 4.69) is 4.98 Å². The Morgan fingerprint density at radius 3 is 2.56 bits per heavy atom. The van der Waals surface area contributed by atoms with Crippen LogP contribution in [0, 0.1) is 0 Å². The van der Waals surface area contributed by atoms with Crippen LogP contribution in [0.3, 0.4) is 0 Å². The van der Waals surface area contributed by atoms with Crippen LogP contribution < -0.4 is 4.74 Å². The van der Waals surface area contributed by atoms with Gasteiger partial charge in [0.15, 0.2) is 0 Å². The van der Waals surface area contributed by atoms with Crippen LogP contribution in [0.4, 0.5) is 0 Å². The number of pyridine rings is 1. The highest BCUT2D eigenvalue weighted by Crippen LogP contribution is 2.29. The summed E-state index contributed by atoms with van der Waals surface area (Å²) in [6.07, 6.45) is 1.65. The molecule has 0 aliphatic carbocycles. The second-order valence-electron chi connectivity index (χ2n) is 3.21. The standard InChI is InChI=1S/C12H9Cl2NO/c1-16-9-3-5-12(15-7-9)10-6-8(13)2-4-11(10)14/h2-7H,1H3. The number of hydrogen-bond donors (Lipinski definition) is 0. The van der Waals surface area contributed by atoms with Crippen molar-refractivity contribution < 1.29 is 4.74 Å². The predicted octanol–water partition coefficient (Wildman–Crippen LogP) is 4.06. The van der Waals surface area contributed by atoms with E-state index in [0.29, 0.717) is 15.8 Å². The van der Waals surface area contributed by atoms with Crippen LogP contribution in [-0.4, -0.2) is 12.1 Å². The molecule has 0 saturated heterocycles. The molecule has 0 spiro atoms. The molecule has 4 heteroatoms. The lowest BCUT2D eigenvalue weighted by atomic mass is 10.1. The molecule has 16 heavy (non-hydrogen) atoms. The first kappa shape index (κ1) is 11.2. The monoisotopic (exact) mass is 253 g/mol. The van der Waals surface area contributed by atoms with Crippen LogP contribution in [-0.2, 0) is 0 Å². The summed E-state index contributed by atoms with van der Waals surface area (Å²) < 4.78 is 5.04. The van der Waals surface area contributed by atoms with Gasteiger partial charge >= 0.3 is 0 Å². The Balaban J connectivity index is 2.45. The minimum absolute atomic E-state index is 0.627. The summed E-state index contributed by atoms with van der Waals surface area (Å²) in [5.41, 5.74) is 1.59. The third-order valence-corrected chi connectivity index (χ3v) is 2.74. The van der Waals surface area contributed by atoms with E-state index in [-0.39, 0.29) is 0 Å². The lowest BCUT2D eigenvalue weighted by molar-refractivity contribution is 0.413. The number of halogens is 2. The Labute approximate surface area is 104 Å². The Kier molecular flexibility index (Phi) is 3.32. The third kappa shape index (κ3) is 2.29. The van der Waals surface area contributed by atoms with E-state index in [1.165, 1.54) is 0 Å². The van der Waals surface area contributed by atoms with Crippen LogP contribution >= 0.6 is 23.2 Å². The lowest BCUT2D eigenvalue weighted by Crippen LogP contribution is -1.87. The maximum absolute atomic E-state index is 6.07. The fourth-order valence-corrected chi connectivity index (χ4v) is 1.74. The zero-order valence-electron chi connectivity index (χ0n) is 8.58. The van der Waals surface area contributed by atoms with Crippen molar-refractivity contribution in [1.29, 1.82) is 0 Å². The Bertz CT molecular complexity index is 497. The molecule has 2 aromatic rings. The molecule has 1 aromatic carbocycles. The van der Waals surface area contributed by atoms with Crippen molar-refractivity contribution in [1.82, 2.24) is 4.98 Å². The van der Waals surface area contributed by atoms with Gasteiger partial charge in [0.1, 0.15) is 5.75 Å². The normalized spacial score (nSPS) is 10.2. The second-order valence-corrected chi connectivity index (χ2v) is 4.05. The molecule has 0 fully saturated rings. The van der Waals surface area contributed by atoms with E-state index in [0.717, 1.165) is 11.3 Å². The van der Waals surface area contributed by atoms with Crippen molar-refractivity contribution in [3.63, 3.8) is 0 Å². The van der Waals surface area contributed by atoms with E-state index in [9.17, 15) is 0 Å². The minimum Gasteiger partial charge on any atom is -0.495 e. The first-order valence-electron chi connectivity index (χ1n) is 4.66. The number of methoxy groups -OCH3 is 1. The van der Waals surface area contributed by atoms with E-state index in [1.54, 1.807) is 31.5 Å². The zero-order valence-corrected chi connectivity index (χ0v) is 10.1. The van der Waals surface area contributed by atoms with Crippen LogP contribution in [0.25, 0.3) is 11.3 Å². The van der Waals surface area contributed by atoms with Gasteiger partial charge in [0, 0.05) is 10.6 Å². The molecule has 0 saturated carbocycles. The van der Waals surface area contributed by atoms with E-state index in [4.69, 9.17) is 27.9 Å². The first-order chi connectivity index (χ1) is 7.70. The summed E-state index contributed by atoms with van der Waals surface area (Å²) in [5.74, 6) is 0.710. The SMILES string of the molecule is COc1ccc(-c2cc(Cl)ccc2Cl)nc1. The van der Waals surface area contributed by atoms with Gasteiger partial charge < -0.3 is 4.74 Å². The Morgan fingerprint density at radius 2 is 1.94 bits per heavy atom. The quantitative estimate of drug-likeness (QED) is 0.806. The molecular formula is C12H9Cl2NO. The number of rotatable bonds is 2. The van der Waals surface area contributed by atoms with Gasteiger partial charge in [0.2, 0.25) is 0 Å². The third-order valence-electron chi connectivity index (χ3n) is 2.18. The summed E-state index contributed by atoms with van der Waals surface area (Å²) in [7, 11) is 1.60. The molecule has 0 amide bonds. The number of nitrogens with zero attached hydrogens (tertiary/aromatic N) is 1. The molecule has 0 bridgehead atoms. The fourth-order valence-electron chi connectivity index (χ4n) is 1.35. The van der Waals surface area contributed by atoms with Gasteiger partial charge in [0.25, 0.3) is 0 Å². The molecule has 0 unspecified atom stereocenters. The topological polar surface area (TPSA) is 22.1 Å². The van der Waals surface area contributed by atoms with Gasteiger partial charge in [0.05, 0.1) is 24.0 Å². The molecule has 1 aromatic heterocycles. The number of ether oxygens (including phenoxy) is 1. The summed E-state index contributed by atoms with van der Waals surface area (Å²) in [6, 6.07) is 8.97. The highest BCUT2D eigenvalue weighted by Gasteiger charge is 2.05. The van der Waals surface area contributed by atoms with Gasteiger partial charge in [-0.1, -0.05) is 23.2 Å². The summed E-state index contributed by atoms with van der Waals surface area (Å²) >= 11 is 12.0. The van der Waals surface area contributed by atoms with Crippen LogP contribution in [0.5, 0.6) is 5.75 Å². The highest BCUT2D eigenvalue weighted by molar-refractivity contribution is 6.35. The van der Waals surface area contributed by atoms with Crippen molar-refractivity contribution >= 4 is 23.2 Å². The lowest BCUT2D eigenvalue weighted by Gasteiger charge is -2.05. The molecule has 0 N–H and O–H groups in total. The summed E-state index contributed by atoms with van der Waals surface area (Å²) in [5, 5.41) is 1.26. The molecular weight excluding hydrogens is 245 g/mol. The molecule has 0 aliphatic heterocycles. The van der Waals surface area contributed by atoms with E-state index in [1.807, 2.05) is 12.1 Å². The molecule has 2 rings (SSSR count). The average Bonchev–Trinajstić information content (AvgIpc) is 2.32. The molecule has 82 valence electrons.